The lowest BCUT2D eigenvalue weighted by atomic mass is 10.1. The molecule has 0 aliphatic rings. The summed E-state index contributed by atoms with van der Waals surface area (Å²) in [7, 11) is 1.47. The summed E-state index contributed by atoms with van der Waals surface area (Å²) in [5, 5.41) is 6.76. The molecule has 0 spiro atoms. The number of methoxy groups -OCH3 is 1. The van der Waals surface area contributed by atoms with Gasteiger partial charge in [0.2, 0.25) is 11.7 Å². The molecule has 0 bridgehead atoms. The SMILES string of the molecule is COCC(=O)Nc1ccccc1-c1nc(-c2ccccc2)no1. The van der Waals surface area contributed by atoms with E-state index in [4.69, 9.17) is 9.26 Å². The van der Waals surface area contributed by atoms with Crippen molar-refractivity contribution in [1.82, 2.24) is 10.1 Å². The number of nitrogens with one attached hydrogen (secondary N) is 1. The van der Waals surface area contributed by atoms with Crippen LogP contribution < -0.4 is 5.32 Å². The fourth-order valence-corrected chi connectivity index (χ4v) is 2.13. The highest BCUT2D eigenvalue weighted by molar-refractivity contribution is 5.95. The van der Waals surface area contributed by atoms with Crippen LogP contribution in [0, 0.1) is 0 Å². The second-order valence-corrected chi connectivity index (χ2v) is 4.82. The highest BCUT2D eigenvalue weighted by Gasteiger charge is 2.15. The highest BCUT2D eigenvalue weighted by atomic mass is 16.5. The molecule has 0 unspecified atom stereocenters. The van der Waals surface area contributed by atoms with Gasteiger partial charge in [0, 0.05) is 12.7 Å². The summed E-state index contributed by atoms with van der Waals surface area (Å²) in [4.78, 5) is 16.1. The molecule has 0 atom stereocenters. The predicted molar refractivity (Wildman–Crippen MR) is 85.7 cm³/mol. The Bertz CT molecular complexity index is 800. The summed E-state index contributed by atoms with van der Waals surface area (Å²) < 4.78 is 10.2. The first kappa shape index (κ1) is 14.9. The number of amides is 1. The Morgan fingerprint density at radius 2 is 1.87 bits per heavy atom. The quantitative estimate of drug-likeness (QED) is 0.784. The zero-order valence-corrected chi connectivity index (χ0v) is 12.5. The number of benzene rings is 2. The van der Waals surface area contributed by atoms with Gasteiger partial charge in [-0.25, -0.2) is 0 Å². The van der Waals surface area contributed by atoms with E-state index in [9.17, 15) is 4.79 Å². The van der Waals surface area contributed by atoms with Crippen molar-refractivity contribution in [1.29, 1.82) is 0 Å². The van der Waals surface area contributed by atoms with Crippen molar-refractivity contribution in [3.05, 3.63) is 54.6 Å². The monoisotopic (exact) mass is 309 g/mol. The van der Waals surface area contributed by atoms with Crippen molar-refractivity contribution < 1.29 is 14.1 Å². The largest absolute Gasteiger partial charge is 0.375 e. The molecule has 1 aromatic heterocycles. The van der Waals surface area contributed by atoms with Crippen molar-refractivity contribution >= 4 is 11.6 Å². The van der Waals surface area contributed by atoms with E-state index in [-0.39, 0.29) is 12.5 Å². The van der Waals surface area contributed by atoms with E-state index in [1.807, 2.05) is 48.5 Å². The molecule has 1 amide bonds. The summed E-state index contributed by atoms with van der Waals surface area (Å²) in [6.07, 6.45) is 0. The maximum atomic E-state index is 11.7. The van der Waals surface area contributed by atoms with Crippen LogP contribution in [0.2, 0.25) is 0 Å². The smallest absolute Gasteiger partial charge is 0.260 e. The molecule has 0 aliphatic carbocycles. The number of aromatic nitrogens is 2. The van der Waals surface area contributed by atoms with Crippen LogP contribution in [0.4, 0.5) is 5.69 Å². The number of nitrogens with zero attached hydrogens (tertiary/aromatic N) is 2. The number of ether oxygens (including phenoxy) is 1. The fraction of sp³-hybridized carbons (Fsp3) is 0.118. The van der Waals surface area contributed by atoms with E-state index < -0.39 is 0 Å². The molecule has 3 rings (SSSR count). The van der Waals surface area contributed by atoms with Crippen LogP contribution in [-0.4, -0.2) is 29.8 Å². The van der Waals surface area contributed by atoms with E-state index >= 15 is 0 Å². The van der Waals surface area contributed by atoms with Crippen molar-refractivity contribution in [2.75, 3.05) is 19.0 Å². The van der Waals surface area contributed by atoms with Gasteiger partial charge < -0.3 is 14.6 Å². The van der Waals surface area contributed by atoms with Gasteiger partial charge in [0.25, 0.3) is 5.89 Å². The molecule has 0 aliphatic heterocycles. The van der Waals surface area contributed by atoms with Crippen molar-refractivity contribution in [2.24, 2.45) is 0 Å². The minimum atomic E-state index is -0.247. The molecule has 0 saturated heterocycles. The van der Waals surface area contributed by atoms with E-state index in [1.54, 1.807) is 6.07 Å². The minimum Gasteiger partial charge on any atom is -0.375 e. The topological polar surface area (TPSA) is 77.2 Å². The minimum absolute atomic E-state index is 0.0204. The Morgan fingerprint density at radius 3 is 2.65 bits per heavy atom. The molecule has 0 fully saturated rings. The van der Waals surface area contributed by atoms with E-state index in [1.165, 1.54) is 7.11 Å². The number of carbonyl (C=O) groups excluding carboxylic acids is 1. The maximum Gasteiger partial charge on any atom is 0.260 e. The number of rotatable bonds is 5. The normalized spacial score (nSPS) is 10.5. The molecule has 23 heavy (non-hydrogen) atoms. The van der Waals surface area contributed by atoms with Gasteiger partial charge >= 0.3 is 0 Å². The van der Waals surface area contributed by atoms with Crippen molar-refractivity contribution in [2.45, 2.75) is 0 Å². The highest BCUT2D eigenvalue weighted by Crippen LogP contribution is 2.28. The average Bonchev–Trinajstić information content (AvgIpc) is 3.06. The summed E-state index contributed by atoms with van der Waals surface area (Å²) >= 11 is 0. The number of hydrogen-bond acceptors (Lipinski definition) is 5. The van der Waals surface area contributed by atoms with Crippen LogP contribution in [0.15, 0.2) is 59.1 Å². The van der Waals surface area contributed by atoms with Gasteiger partial charge in [0.05, 0.1) is 11.3 Å². The number of carbonyl (C=O) groups is 1. The van der Waals surface area contributed by atoms with Crippen LogP contribution in [-0.2, 0) is 9.53 Å². The molecule has 6 nitrogen and oxygen atoms in total. The van der Waals surface area contributed by atoms with Gasteiger partial charge in [0.1, 0.15) is 6.61 Å². The third-order valence-electron chi connectivity index (χ3n) is 3.17. The predicted octanol–water partition coefficient (Wildman–Crippen LogP) is 2.99. The molecular weight excluding hydrogens is 294 g/mol. The number of hydrogen-bond donors (Lipinski definition) is 1. The Labute approximate surface area is 133 Å². The first-order valence-electron chi connectivity index (χ1n) is 7.05. The van der Waals surface area contributed by atoms with Crippen LogP contribution in [0.5, 0.6) is 0 Å². The van der Waals surface area contributed by atoms with E-state index in [0.717, 1.165) is 5.56 Å². The Kier molecular flexibility index (Phi) is 4.44. The third-order valence-corrected chi connectivity index (χ3v) is 3.17. The molecule has 3 aromatic rings. The molecule has 1 N–H and O–H groups in total. The molecular formula is C17H15N3O3. The van der Waals surface area contributed by atoms with Gasteiger partial charge in [-0.1, -0.05) is 47.6 Å². The molecule has 1 heterocycles. The van der Waals surface area contributed by atoms with Gasteiger partial charge in [-0.15, -0.1) is 0 Å². The zero-order valence-electron chi connectivity index (χ0n) is 12.5. The molecule has 116 valence electrons. The Morgan fingerprint density at radius 1 is 1.13 bits per heavy atom. The first-order valence-corrected chi connectivity index (χ1v) is 7.05. The Hall–Kier alpha value is -2.99. The van der Waals surface area contributed by atoms with Gasteiger partial charge in [0.15, 0.2) is 0 Å². The van der Waals surface area contributed by atoms with Crippen LogP contribution in [0.1, 0.15) is 0 Å². The van der Waals surface area contributed by atoms with Gasteiger partial charge in [-0.05, 0) is 12.1 Å². The standard InChI is InChI=1S/C17H15N3O3/c1-22-11-15(21)18-14-10-6-5-9-13(14)17-19-16(20-23-17)12-7-3-2-4-8-12/h2-10H,11H2,1H3,(H,18,21). The summed E-state index contributed by atoms with van der Waals surface area (Å²) in [6, 6.07) is 16.8. The summed E-state index contributed by atoms with van der Waals surface area (Å²) in [5.74, 6) is 0.596. The number of anilines is 1. The zero-order chi connectivity index (χ0) is 16.1. The maximum absolute atomic E-state index is 11.7. The van der Waals surface area contributed by atoms with Crippen molar-refractivity contribution in [3.63, 3.8) is 0 Å². The van der Waals surface area contributed by atoms with Gasteiger partial charge in [-0.3, -0.25) is 4.79 Å². The van der Waals surface area contributed by atoms with Crippen LogP contribution in [0.3, 0.4) is 0 Å². The van der Waals surface area contributed by atoms with Gasteiger partial charge in [-0.2, -0.15) is 4.98 Å². The van der Waals surface area contributed by atoms with E-state index in [2.05, 4.69) is 15.5 Å². The lowest BCUT2D eigenvalue weighted by Gasteiger charge is -2.07. The summed E-state index contributed by atoms with van der Waals surface area (Å²) in [5.41, 5.74) is 2.12. The second kappa shape index (κ2) is 6.85. The molecule has 0 radical (unpaired) electrons. The van der Waals surface area contributed by atoms with Crippen LogP contribution in [0.25, 0.3) is 22.8 Å². The van der Waals surface area contributed by atoms with Crippen molar-refractivity contribution in [3.8, 4) is 22.8 Å². The molecule has 2 aromatic carbocycles. The third kappa shape index (κ3) is 3.44. The van der Waals surface area contributed by atoms with Crippen LogP contribution >= 0.6 is 0 Å². The number of para-hydroxylation sites is 1. The second-order valence-electron chi connectivity index (χ2n) is 4.82. The summed E-state index contributed by atoms with van der Waals surface area (Å²) in [6.45, 7) is -0.0204. The first-order chi connectivity index (χ1) is 11.3. The average molecular weight is 309 g/mol. The lowest BCUT2D eigenvalue weighted by Crippen LogP contribution is -2.17. The lowest BCUT2D eigenvalue weighted by molar-refractivity contribution is -0.119. The molecule has 0 saturated carbocycles. The molecule has 6 heteroatoms. The van der Waals surface area contributed by atoms with E-state index in [0.29, 0.717) is 23.0 Å². The fourth-order valence-electron chi connectivity index (χ4n) is 2.13. The Balaban J connectivity index is 1.91.